The highest BCUT2D eigenvalue weighted by molar-refractivity contribution is 6.30. The number of rotatable bonds is 5. The molecule has 0 aliphatic rings. The molecule has 15 heavy (non-hydrogen) atoms. The van der Waals surface area contributed by atoms with Gasteiger partial charge in [-0.25, -0.2) is 0 Å². The molecule has 0 fully saturated rings. The fourth-order valence-corrected chi connectivity index (χ4v) is 1.34. The summed E-state index contributed by atoms with van der Waals surface area (Å²) in [5, 5.41) is 9.11. The molecule has 1 unspecified atom stereocenters. The molecule has 0 spiro atoms. The zero-order valence-electron chi connectivity index (χ0n) is 8.44. The number of carbonyl (C=O) groups is 1. The standard InChI is InChI=1S/C11H13ClO3/c1-8(5-6-11(13)14)15-10-4-2-3-9(12)7-10/h2-4,7-8H,5-6H2,1H3,(H,13,14). The van der Waals surface area contributed by atoms with Gasteiger partial charge in [-0.3, -0.25) is 4.79 Å². The second-order valence-electron chi connectivity index (χ2n) is 3.32. The van der Waals surface area contributed by atoms with Crippen LogP contribution in [0.4, 0.5) is 0 Å². The first-order valence-electron chi connectivity index (χ1n) is 4.72. The minimum atomic E-state index is -0.809. The zero-order chi connectivity index (χ0) is 11.3. The first-order valence-corrected chi connectivity index (χ1v) is 5.10. The number of carboxylic acid groups (broad SMARTS) is 1. The van der Waals surface area contributed by atoms with E-state index in [-0.39, 0.29) is 12.5 Å². The second-order valence-corrected chi connectivity index (χ2v) is 3.75. The third-order valence-electron chi connectivity index (χ3n) is 1.90. The van der Waals surface area contributed by atoms with Gasteiger partial charge in [0, 0.05) is 11.4 Å². The van der Waals surface area contributed by atoms with Gasteiger partial charge in [0.25, 0.3) is 0 Å². The Kier molecular flexibility index (Phi) is 4.43. The Labute approximate surface area is 93.6 Å². The van der Waals surface area contributed by atoms with E-state index >= 15 is 0 Å². The molecule has 0 aliphatic heterocycles. The number of aliphatic carboxylic acids is 1. The van der Waals surface area contributed by atoms with Crippen LogP contribution < -0.4 is 4.74 Å². The number of benzene rings is 1. The Morgan fingerprint density at radius 1 is 1.60 bits per heavy atom. The Bertz CT molecular complexity index is 338. The van der Waals surface area contributed by atoms with Gasteiger partial charge in [-0.2, -0.15) is 0 Å². The van der Waals surface area contributed by atoms with E-state index in [1.54, 1.807) is 24.3 Å². The van der Waals surface area contributed by atoms with Gasteiger partial charge in [-0.1, -0.05) is 17.7 Å². The van der Waals surface area contributed by atoms with Crippen molar-refractivity contribution >= 4 is 17.6 Å². The van der Waals surface area contributed by atoms with E-state index in [0.717, 1.165) is 0 Å². The predicted molar refractivity (Wildman–Crippen MR) is 58.4 cm³/mol. The van der Waals surface area contributed by atoms with Gasteiger partial charge in [0.05, 0.1) is 6.10 Å². The second kappa shape index (κ2) is 5.61. The first-order chi connectivity index (χ1) is 7.08. The van der Waals surface area contributed by atoms with Gasteiger partial charge in [0.1, 0.15) is 5.75 Å². The van der Waals surface area contributed by atoms with Crippen LogP contribution in [0.5, 0.6) is 5.75 Å². The van der Waals surface area contributed by atoms with Gasteiger partial charge >= 0.3 is 5.97 Å². The third-order valence-corrected chi connectivity index (χ3v) is 2.13. The lowest BCUT2D eigenvalue weighted by Gasteiger charge is -2.13. The maximum Gasteiger partial charge on any atom is 0.303 e. The maximum atomic E-state index is 10.3. The van der Waals surface area contributed by atoms with Crippen molar-refractivity contribution in [3.05, 3.63) is 29.3 Å². The molecule has 0 bridgehead atoms. The van der Waals surface area contributed by atoms with Crippen LogP contribution in [-0.2, 0) is 4.79 Å². The monoisotopic (exact) mass is 228 g/mol. The van der Waals surface area contributed by atoms with E-state index in [1.165, 1.54) is 0 Å². The van der Waals surface area contributed by atoms with E-state index in [1.807, 2.05) is 6.92 Å². The molecule has 0 radical (unpaired) electrons. The third kappa shape index (κ3) is 4.70. The molecule has 0 aromatic heterocycles. The van der Waals surface area contributed by atoms with Gasteiger partial charge in [0.2, 0.25) is 0 Å². The summed E-state index contributed by atoms with van der Waals surface area (Å²) >= 11 is 5.78. The van der Waals surface area contributed by atoms with Crippen molar-refractivity contribution in [3.8, 4) is 5.75 Å². The lowest BCUT2D eigenvalue weighted by molar-refractivity contribution is -0.137. The van der Waals surface area contributed by atoms with Crippen molar-refractivity contribution in [1.82, 2.24) is 0 Å². The quantitative estimate of drug-likeness (QED) is 0.843. The average molecular weight is 229 g/mol. The summed E-state index contributed by atoms with van der Waals surface area (Å²) < 4.78 is 5.50. The van der Waals surface area contributed by atoms with Gasteiger partial charge < -0.3 is 9.84 Å². The summed E-state index contributed by atoms with van der Waals surface area (Å²) in [5.74, 6) is -0.142. The molecule has 1 aromatic carbocycles. The molecule has 0 saturated carbocycles. The van der Waals surface area contributed by atoms with Crippen LogP contribution in [0, 0.1) is 0 Å². The molecular weight excluding hydrogens is 216 g/mol. The van der Waals surface area contributed by atoms with Crippen molar-refractivity contribution in [2.75, 3.05) is 0 Å². The van der Waals surface area contributed by atoms with E-state index in [2.05, 4.69) is 0 Å². The van der Waals surface area contributed by atoms with E-state index in [9.17, 15) is 4.79 Å². The first kappa shape index (κ1) is 11.9. The summed E-state index contributed by atoms with van der Waals surface area (Å²) in [6.07, 6.45) is 0.475. The lowest BCUT2D eigenvalue weighted by Crippen LogP contribution is -2.13. The van der Waals surface area contributed by atoms with E-state index in [4.69, 9.17) is 21.4 Å². The van der Waals surface area contributed by atoms with Crippen LogP contribution in [0.15, 0.2) is 24.3 Å². The van der Waals surface area contributed by atoms with Crippen LogP contribution in [0.25, 0.3) is 0 Å². The smallest absolute Gasteiger partial charge is 0.303 e. The fourth-order valence-electron chi connectivity index (χ4n) is 1.16. The van der Waals surface area contributed by atoms with Crippen LogP contribution in [0.3, 0.4) is 0 Å². The van der Waals surface area contributed by atoms with Crippen LogP contribution in [0.2, 0.25) is 5.02 Å². The van der Waals surface area contributed by atoms with Gasteiger partial charge in [-0.05, 0) is 31.5 Å². The van der Waals surface area contributed by atoms with Crippen LogP contribution in [-0.4, -0.2) is 17.2 Å². The van der Waals surface area contributed by atoms with Crippen molar-refractivity contribution in [2.24, 2.45) is 0 Å². The SMILES string of the molecule is CC(CCC(=O)O)Oc1cccc(Cl)c1. The van der Waals surface area contributed by atoms with Gasteiger partial charge in [0.15, 0.2) is 0 Å². The fraction of sp³-hybridized carbons (Fsp3) is 0.364. The summed E-state index contributed by atoms with van der Waals surface area (Å²) in [5.41, 5.74) is 0. The molecule has 1 N–H and O–H groups in total. The highest BCUT2D eigenvalue weighted by Gasteiger charge is 2.06. The number of halogens is 1. The summed E-state index contributed by atoms with van der Waals surface area (Å²) in [6.45, 7) is 1.84. The number of hydrogen-bond acceptors (Lipinski definition) is 2. The Morgan fingerprint density at radius 3 is 2.93 bits per heavy atom. The van der Waals surface area contributed by atoms with E-state index < -0.39 is 5.97 Å². The molecule has 0 saturated heterocycles. The molecule has 82 valence electrons. The van der Waals surface area contributed by atoms with Gasteiger partial charge in [-0.15, -0.1) is 0 Å². The van der Waals surface area contributed by atoms with Crippen LogP contribution >= 0.6 is 11.6 Å². The summed E-state index contributed by atoms with van der Waals surface area (Å²) in [7, 11) is 0. The molecular formula is C11H13ClO3. The molecule has 1 aromatic rings. The highest BCUT2D eigenvalue weighted by Crippen LogP contribution is 2.19. The maximum absolute atomic E-state index is 10.3. The molecule has 4 heteroatoms. The molecule has 3 nitrogen and oxygen atoms in total. The number of hydrogen-bond donors (Lipinski definition) is 1. The van der Waals surface area contributed by atoms with Crippen molar-refractivity contribution in [3.63, 3.8) is 0 Å². The molecule has 0 aliphatic carbocycles. The molecule has 0 heterocycles. The minimum Gasteiger partial charge on any atom is -0.491 e. The van der Waals surface area contributed by atoms with Crippen molar-refractivity contribution in [2.45, 2.75) is 25.9 Å². The van der Waals surface area contributed by atoms with Crippen LogP contribution in [0.1, 0.15) is 19.8 Å². The largest absolute Gasteiger partial charge is 0.491 e. The van der Waals surface area contributed by atoms with E-state index in [0.29, 0.717) is 17.2 Å². The molecule has 1 rings (SSSR count). The normalized spacial score (nSPS) is 12.1. The Hall–Kier alpha value is -1.22. The van der Waals surface area contributed by atoms with Crippen molar-refractivity contribution < 1.29 is 14.6 Å². The summed E-state index contributed by atoms with van der Waals surface area (Å²) in [4.78, 5) is 10.3. The lowest BCUT2D eigenvalue weighted by atomic mass is 10.2. The minimum absolute atomic E-state index is 0.113. The zero-order valence-corrected chi connectivity index (χ0v) is 9.20. The number of carboxylic acids is 1. The number of ether oxygens (including phenoxy) is 1. The Balaban J connectivity index is 2.44. The summed E-state index contributed by atoms with van der Waals surface area (Å²) in [6, 6.07) is 7.06. The molecule has 1 atom stereocenters. The average Bonchev–Trinajstić information content (AvgIpc) is 2.15. The predicted octanol–water partition coefficient (Wildman–Crippen LogP) is 2.97. The highest BCUT2D eigenvalue weighted by atomic mass is 35.5. The molecule has 0 amide bonds. The Morgan fingerprint density at radius 2 is 2.33 bits per heavy atom. The topological polar surface area (TPSA) is 46.5 Å². The van der Waals surface area contributed by atoms with Crippen molar-refractivity contribution in [1.29, 1.82) is 0 Å².